The van der Waals surface area contributed by atoms with Crippen LogP contribution >= 0.6 is 0 Å². The zero-order valence-corrected chi connectivity index (χ0v) is 17.2. The van der Waals surface area contributed by atoms with Gasteiger partial charge in [0.05, 0.1) is 5.52 Å². The van der Waals surface area contributed by atoms with Crippen LogP contribution in [0, 0.1) is 6.92 Å². The molecular weight excluding hydrogens is 354 g/mol. The van der Waals surface area contributed by atoms with Gasteiger partial charge in [0.2, 0.25) is 0 Å². The number of anilines is 1. The van der Waals surface area contributed by atoms with Gasteiger partial charge in [-0.1, -0.05) is 54.6 Å². The molecule has 0 saturated heterocycles. The summed E-state index contributed by atoms with van der Waals surface area (Å²) in [6, 6.07) is 21.8. The van der Waals surface area contributed by atoms with Gasteiger partial charge in [-0.2, -0.15) is 0 Å². The van der Waals surface area contributed by atoms with Gasteiger partial charge in [0, 0.05) is 36.9 Å². The number of aryl methyl sites for hydroxylation is 1. The molecule has 3 nitrogen and oxygen atoms in total. The van der Waals surface area contributed by atoms with Crippen molar-refractivity contribution in [3.63, 3.8) is 0 Å². The molecule has 0 unspecified atom stereocenters. The minimum absolute atomic E-state index is 0.934. The van der Waals surface area contributed by atoms with Crippen molar-refractivity contribution in [3.8, 4) is 0 Å². The van der Waals surface area contributed by atoms with E-state index in [0.29, 0.717) is 0 Å². The average molecular weight is 382 g/mol. The van der Waals surface area contributed by atoms with E-state index in [2.05, 4.69) is 84.0 Å². The Morgan fingerprint density at radius 1 is 0.931 bits per heavy atom. The number of fused-ring (bicyclic) bond motifs is 2. The number of nitrogens with zero attached hydrogens (tertiary/aromatic N) is 3. The van der Waals surface area contributed by atoms with Gasteiger partial charge >= 0.3 is 0 Å². The molecule has 0 amide bonds. The maximum Gasteiger partial charge on any atom is 0.138 e. The highest BCUT2D eigenvalue weighted by Crippen LogP contribution is 2.36. The lowest BCUT2D eigenvalue weighted by molar-refractivity contribution is 0.723. The maximum atomic E-state index is 4.91. The van der Waals surface area contributed by atoms with Crippen LogP contribution in [0.3, 0.4) is 0 Å². The highest BCUT2D eigenvalue weighted by molar-refractivity contribution is 5.95. The average Bonchev–Trinajstić information content (AvgIpc) is 3.05. The zero-order valence-electron chi connectivity index (χ0n) is 17.2. The van der Waals surface area contributed by atoms with E-state index in [0.717, 1.165) is 38.3 Å². The van der Waals surface area contributed by atoms with Gasteiger partial charge in [0.15, 0.2) is 0 Å². The van der Waals surface area contributed by atoms with Crippen molar-refractivity contribution in [1.29, 1.82) is 0 Å². The Labute approximate surface area is 172 Å². The van der Waals surface area contributed by atoms with Gasteiger partial charge < -0.3 is 9.47 Å². The molecule has 2 aromatic heterocycles. The highest BCUT2D eigenvalue weighted by Gasteiger charge is 2.23. The van der Waals surface area contributed by atoms with Gasteiger partial charge in [-0.15, -0.1) is 0 Å². The van der Waals surface area contributed by atoms with Crippen LogP contribution in [-0.4, -0.2) is 16.1 Å². The van der Waals surface area contributed by atoms with Crippen LogP contribution in [0.1, 0.15) is 34.9 Å². The van der Waals surface area contributed by atoms with Crippen molar-refractivity contribution >= 4 is 16.7 Å². The van der Waals surface area contributed by atoms with Crippen molar-refractivity contribution in [2.24, 2.45) is 0 Å². The Hall–Kier alpha value is -3.07. The molecule has 0 radical (unpaired) electrons. The van der Waals surface area contributed by atoms with Crippen LogP contribution in [0.4, 0.5) is 5.82 Å². The minimum atomic E-state index is 0.934. The molecule has 0 fully saturated rings. The summed E-state index contributed by atoms with van der Waals surface area (Å²) in [5, 5.41) is 1.33. The predicted octanol–water partition coefficient (Wildman–Crippen LogP) is 5.52. The fourth-order valence-electron chi connectivity index (χ4n) is 4.82. The predicted molar refractivity (Wildman–Crippen MR) is 121 cm³/mol. The van der Waals surface area contributed by atoms with E-state index in [1.165, 1.54) is 38.9 Å². The third-order valence-corrected chi connectivity index (χ3v) is 6.31. The fraction of sp³-hybridized carbons (Fsp3) is 0.269. The lowest BCUT2D eigenvalue weighted by Gasteiger charge is -2.30. The van der Waals surface area contributed by atoms with Crippen molar-refractivity contribution in [3.05, 3.63) is 94.8 Å². The zero-order chi connectivity index (χ0) is 19.8. The van der Waals surface area contributed by atoms with Crippen LogP contribution < -0.4 is 4.90 Å². The van der Waals surface area contributed by atoms with Gasteiger partial charge in [-0.25, -0.2) is 4.98 Å². The fourth-order valence-corrected chi connectivity index (χ4v) is 4.82. The van der Waals surface area contributed by atoms with Crippen molar-refractivity contribution in [1.82, 2.24) is 9.55 Å². The number of hydrogen-bond donors (Lipinski definition) is 0. The summed E-state index contributed by atoms with van der Waals surface area (Å²) in [4.78, 5) is 7.38. The SMILES string of the molecule is CCn1c(C)c(Cc2ccccc2)c2c(N3CCc4ccccc4C3)nccc21. The first-order valence-electron chi connectivity index (χ1n) is 10.6. The molecule has 0 bridgehead atoms. The summed E-state index contributed by atoms with van der Waals surface area (Å²) in [5.41, 5.74) is 8.33. The number of hydrogen-bond acceptors (Lipinski definition) is 2. The molecule has 3 heteroatoms. The summed E-state index contributed by atoms with van der Waals surface area (Å²) in [7, 11) is 0. The van der Waals surface area contributed by atoms with E-state index in [9.17, 15) is 0 Å². The molecule has 0 atom stereocenters. The highest BCUT2D eigenvalue weighted by atomic mass is 15.2. The Kier molecular flexibility index (Phi) is 4.59. The topological polar surface area (TPSA) is 21.1 Å². The van der Waals surface area contributed by atoms with Gasteiger partial charge in [-0.05, 0) is 55.0 Å². The van der Waals surface area contributed by atoms with Crippen LogP contribution in [0.25, 0.3) is 10.9 Å². The van der Waals surface area contributed by atoms with Crippen LogP contribution in [0.15, 0.2) is 66.9 Å². The molecule has 1 aliphatic heterocycles. The Bertz CT molecular complexity index is 1160. The quantitative estimate of drug-likeness (QED) is 0.464. The molecule has 146 valence electrons. The van der Waals surface area contributed by atoms with Crippen LogP contribution in [0.5, 0.6) is 0 Å². The molecule has 0 spiro atoms. The van der Waals surface area contributed by atoms with E-state index in [1.54, 1.807) is 0 Å². The minimum Gasteiger partial charge on any atom is -0.351 e. The van der Waals surface area contributed by atoms with E-state index in [1.807, 2.05) is 6.20 Å². The second-order valence-electron chi connectivity index (χ2n) is 7.94. The number of pyridine rings is 1. The van der Waals surface area contributed by atoms with Crippen molar-refractivity contribution < 1.29 is 0 Å². The number of benzene rings is 2. The second-order valence-corrected chi connectivity index (χ2v) is 7.94. The van der Waals surface area contributed by atoms with E-state index in [-0.39, 0.29) is 0 Å². The first kappa shape index (κ1) is 18.0. The molecule has 3 heterocycles. The molecule has 5 rings (SSSR count). The second kappa shape index (κ2) is 7.40. The molecule has 1 aliphatic rings. The third kappa shape index (κ3) is 3.11. The van der Waals surface area contributed by atoms with E-state index in [4.69, 9.17) is 4.98 Å². The van der Waals surface area contributed by atoms with Gasteiger partial charge in [0.1, 0.15) is 5.82 Å². The van der Waals surface area contributed by atoms with E-state index < -0.39 is 0 Å². The monoisotopic (exact) mass is 381 g/mol. The molecule has 4 aromatic rings. The van der Waals surface area contributed by atoms with Crippen molar-refractivity contribution in [2.75, 3.05) is 11.4 Å². The molecule has 0 saturated carbocycles. The normalized spacial score (nSPS) is 13.7. The first-order chi connectivity index (χ1) is 14.3. The third-order valence-electron chi connectivity index (χ3n) is 6.31. The Balaban J connectivity index is 1.65. The molecule has 0 N–H and O–H groups in total. The van der Waals surface area contributed by atoms with Gasteiger partial charge in [-0.3, -0.25) is 0 Å². The largest absolute Gasteiger partial charge is 0.351 e. The standard InChI is InChI=1S/C26H27N3/c1-3-29-19(2)23(17-20-9-5-4-6-10-20)25-24(29)13-15-27-26(25)28-16-14-21-11-7-8-12-22(21)18-28/h4-13,15H,3,14,16-18H2,1-2H3. The van der Waals surface area contributed by atoms with Crippen LogP contribution in [0.2, 0.25) is 0 Å². The summed E-state index contributed by atoms with van der Waals surface area (Å²) < 4.78 is 2.44. The first-order valence-corrected chi connectivity index (χ1v) is 10.6. The maximum absolute atomic E-state index is 4.91. The van der Waals surface area contributed by atoms with Crippen molar-refractivity contribution in [2.45, 2.75) is 39.8 Å². The van der Waals surface area contributed by atoms with E-state index >= 15 is 0 Å². The summed E-state index contributed by atoms with van der Waals surface area (Å²) in [6.45, 7) is 7.42. The summed E-state index contributed by atoms with van der Waals surface area (Å²) in [5.74, 6) is 1.14. The molecule has 2 aromatic carbocycles. The lowest BCUT2D eigenvalue weighted by atomic mass is 9.98. The number of rotatable bonds is 4. The summed E-state index contributed by atoms with van der Waals surface area (Å²) in [6.07, 6.45) is 4.01. The van der Waals surface area contributed by atoms with Gasteiger partial charge in [0.25, 0.3) is 0 Å². The Morgan fingerprint density at radius 3 is 2.48 bits per heavy atom. The number of aromatic nitrogens is 2. The lowest BCUT2D eigenvalue weighted by Crippen LogP contribution is -2.31. The molecular formula is C26H27N3. The molecule has 0 aliphatic carbocycles. The summed E-state index contributed by atoms with van der Waals surface area (Å²) >= 11 is 0. The Morgan fingerprint density at radius 2 is 1.69 bits per heavy atom. The van der Waals surface area contributed by atoms with Crippen LogP contribution in [-0.2, 0) is 25.9 Å². The molecule has 29 heavy (non-hydrogen) atoms. The smallest absolute Gasteiger partial charge is 0.138 e.